The van der Waals surface area contributed by atoms with Crippen LogP contribution in [0.3, 0.4) is 0 Å². The van der Waals surface area contributed by atoms with Crippen LogP contribution >= 0.6 is 0 Å². The van der Waals surface area contributed by atoms with Crippen LogP contribution < -0.4 is 5.32 Å². The molecule has 0 aliphatic heterocycles. The number of rotatable bonds is 9. The smallest absolute Gasteiger partial charge is 0.0889 e. The first kappa shape index (κ1) is 14.1. The first-order chi connectivity index (χ1) is 8.36. The van der Waals surface area contributed by atoms with Crippen LogP contribution in [0.4, 0.5) is 0 Å². The SMILES string of the molecule is CCCNCc1cccc(COCCOC)n1. The van der Waals surface area contributed by atoms with E-state index >= 15 is 0 Å². The van der Waals surface area contributed by atoms with Crippen LogP contribution in [0.1, 0.15) is 24.7 Å². The van der Waals surface area contributed by atoms with E-state index in [1.807, 2.05) is 18.2 Å². The van der Waals surface area contributed by atoms with Gasteiger partial charge in [0.25, 0.3) is 0 Å². The lowest BCUT2D eigenvalue weighted by molar-refractivity contribution is 0.0601. The number of nitrogens with one attached hydrogen (secondary N) is 1. The molecule has 1 aromatic heterocycles. The summed E-state index contributed by atoms with van der Waals surface area (Å²) in [4.78, 5) is 4.51. The third-order valence-electron chi connectivity index (χ3n) is 2.28. The lowest BCUT2D eigenvalue weighted by atomic mass is 10.3. The van der Waals surface area contributed by atoms with Crippen LogP contribution in [-0.4, -0.2) is 31.9 Å². The molecule has 0 aliphatic rings. The van der Waals surface area contributed by atoms with Gasteiger partial charge in [0.2, 0.25) is 0 Å². The zero-order valence-electron chi connectivity index (χ0n) is 10.7. The molecule has 0 bridgehead atoms. The predicted octanol–water partition coefficient (Wildman–Crippen LogP) is 1.74. The molecule has 1 heterocycles. The first-order valence-corrected chi connectivity index (χ1v) is 6.09. The summed E-state index contributed by atoms with van der Waals surface area (Å²) in [5.74, 6) is 0. The molecular weight excluding hydrogens is 216 g/mol. The molecular formula is C13H22N2O2. The zero-order chi connectivity index (χ0) is 12.3. The highest BCUT2D eigenvalue weighted by Gasteiger charge is 1.98. The Morgan fingerprint density at radius 3 is 2.82 bits per heavy atom. The van der Waals surface area contributed by atoms with Crippen molar-refractivity contribution < 1.29 is 9.47 Å². The largest absolute Gasteiger partial charge is 0.382 e. The predicted molar refractivity (Wildman–Crippen MR) is 67.8 cm³/mol. The Kier molecular flexibility index (Phi) is 7.54. The molecule has 0 spiro atoms. The molecule has 0 amide bonds. The lowest BCUT2D eigenvalue weighted by Gasteiger charge is -2.06. The number of hydrogen-bond acceptors (Lipinski definition) is 4. The Bertz CT molecular complexity index is 305. The highest BCUT2D eigenvalue weighted by Crippen LogP contribution is 2.01. The fraction of sp³-hybridized carbons (Fsp3) is 0.615. The van der Waals surface area contributed by atoms with Crippen molar-refractivity contribution in [2.24, 2.45) is 0 Å². The molecule has 0 aromatic carbocycles. The zero-order valence-corrected chi connectivity index (χ0v) is 10.7. The van der Waals surface area contributed by atoms with Crippen LogP contribution in [0.25, 0.3) is 0 Å². The molecule has 0 saturated heterocycles. The standard InChI is InChI=1S/C13H22N2O2/c1-3-7-14-10-12-5-4-6-13(15-12)11-17-9-8-16-2/h4-6,14H,3,7-11H2,1-2H3. The molecule has 4 heteroatoms. The van der Waals surface area contributed by atoms with Gasteiger partial charge in [0, 0.05) is 13.7 Å². The van der Waals surface area contributed by atoms with Crippen LogP contribution in [0.15, 0.2) is 18.2 Å². The summed E-state index contributed by atoms with van der Waals surface area (Å²) >= 11 is 0. The van der Waals surface area contributed by atoms with E-state index in [9.17, 15) is 0 Å². The van der Waals surface area contributed by atoms with Gasteiger partial charge in [0.1, 0.15) is 0 Å². The lowest BCUT2D eigenvalue weighted by Crippen LogP contribution is -2.15. The third-order valence-corrected chi connectivity index (χ3v) is 2.28. The number of hydrogen-bond donors (Lipinski definition) is 1. The van der Waals surface area contributed by atoms with Crippen molar-refractivity contribution in [3.8, 4) is 0 Å². The van der Waals surface area contributed by atoms with Gasteiger partial charge in [-0.05, 0) is 25.1 Å². The van der Waals surface area contributed by atoms with Crippen LogP contribution in [-0.2, 0) is 22.6 Å². The Hall–Kier alpha value is -0.970. The molecule has 0 fully saturated rings. The molecule has 0 atom stereocenters. The molecule has 0 saturated carbocycles. The maximum Gasteiger partial charge on any atom is 0.0889 e. The topological polar surface area (TPSA) is 43.4 Å². The van der Waals surface area contributed by atoms with E-state index in [0.717, 1.165) is 30.9 Å². The summed E-state index contributed by atoms with van der Waals surface area (Å²) < 4.78 is 10.3. The summed E-state index contributed by atoms with van der Waals surface area (Å²) in [6, 6.07) is 6.03. The minimum atomic E-state index is 0.547. The summed E-state index contributed by atoms with van der Waals surface area (Å²) in [6.07, 6.45) is 1.14. The molecule has 0 unspecified atom stereocenters. The van der Waals surface area contributed by atoms with E-state index in [1.165, 1.54) is 0 Å². The molecule has 96 valence electrons. The minimum Gasteiger partial charge on any atom is -0.382 e. The van der Waals surface area contributed by atoms with Gasteiger partial charge in [-0.25, -0.2) is 0 Å². The van der Waals surface area contributed by atoms with Gasteiger partial charge < -0.3 is 14.8 Å². The van der Waals surface area contributed by atoms with Crippen LogP contribution in [0.5, 0.6) is 0 Å². The number of ether oxygens (including phenoxy) is 2. The van der Waals surface area contributed by atoms with Crippen molar-refractivity contribution in [3.63, 3.8) is 0 Å². The van der Waals surface area contributed by atoms with Gasteiger partial charge >= 0.3 is 0 Å². The monoisotopic (exact) mass is 238 g/mol. The van der Waals surface area contributed by atoms with Gasteiger partial charge in [-0.2, -0.15) is 0 Å². The van der Waals surface area contributed by atoms with Crippen molar-refractivity contribution in [2.45, 2.75) is 26.5 Å². The van der Waals surface area contributed by atoms with Crippen molar-refractivity contribution in [1.29, 1.82) is 0 Å². The number of methoxy groups -OCH3 is 1. The number of pyridine rings is 1. The van der Waals surface area contributed by atoms with Crippen molar-refractivity contribution in [1.82, 2.24) is 10.3 Å². The quantitative estimate of drug-likeness (QED) is 0.666. The Morgan fingerprint density at radius 2 is 2.06 bits per heavy atom. The van der Waals surface area contributed by atoms with E-state index in [1.54, 1.807) is 7.11 Å². The highest BCUT2D eigenvalue weighted by atomic mass is 16.5. The summed E-state index contributed by atoms with van der Waals surface area (Å²) in [5.41, 5.74) is 2.03. The van der Waals surface area contributed by atoms with Gasteiger partial charge in [-0.3, -0.25) is 4.98 Å². The fourth-order valence-corrected chi connectivity index (χ4v) is 1.42. The van der Waals surface area contributed by atoms with E-state index in [-0.39, 0.29) is 0 Å². The van der Waals surface area contributed by atoms with E-state index in [2.05, 4.69) is 17.2 Å². The minimum absolute atomic E-state index is 0.547. The fourth-order valence-electron chi connectivity index (χ4n) is 1.42. The van der Waals surface area contributed by atoms with Gasteiger partial charge in [0.05, 0.1) is 31.2 Å². The van der Waals surface area contributed by atoms with Crippen molar-refractivity contribution >= 4 is 0 Å². The van der Waals surface area contributed by atoms with E-state index in [0.29, 0.717) is 19.8 Å². The maximum atomic E-state index is 5.43. The second kappa shape index (κ2) is 9.10. The van der Waals surface area contributed by atoms with Crippen LogP contribution in [0.2, 0.25) is 0 Å². The van der Waals surface area contributed by atoms with Crippen molar-refractivity contribution in [3.05, 3.63) is 29.6 Å². The molecule has 1 rings (SSSR count). The highest BCUT2D eigenvalue weighted by molar-refractivity contribution is 5.10. The molecule has 1 N–H and O–H groups in total. The summed E-state index contributed by atoms with van der Waals surface area (Å²) in [6.45, 7) is 5.77. The van der Waals surface area contributed by atoms with Crippen LogP contribution in [0, 0.1) is 0 Å². The van der Waals surface area contributed by atoms with E-state index < -0.39 is 0 Å². The average molecular weight is 238 g/mol. The molecule has 1 aromatic rings. The number of nitrogens with zero attached hydrogens (tertiary/aromatic N) is 1. The number of aromatic nitrogens is 1. The maximum absolute atomic E-state index is 5.43. The van der Waals surface area contributed by atoms with Gasteiger partial charge in [0.15, 0.2) is 0 Å². The molecule has 17 heavy (non-hydrogen) atoms. The Labute approximate surface area is 103 Å². The normalized spacial score (nSPS) is 10.7. The van der Waals surface area contributed by atoms with Gasteiger partial charge in [-0.15, -0.1) is 0 Å². The summed E-state index contributed by atoms with van der Waals surface area (Å²) in [5, 5.41) is 3.33. The summed E-state index contributed by atoms with van der Waals surface area (Å²) in [7, 11) is 1.67. The Morgan fingerprint density at radius 1 is 1.24 bits per heavy atom. The molecule has 4 nitrogen and oxygen atoms in total. The second-order valence-electron chi connectivity index (χ2n) is 3.84. The molecule has 0 aliphatic carbocycles. The first-order valence-electron chi connectivity index (χ1n) is 6.09. The van der Waals surface area contributed by atoms with E-state index in [4.69, 9.17) is 9.47 Å². The average Bonchev–Trinajstić information content (AvgIpc) is 2.36. The van der Waals surface area contributed by atoms with Crippen molar-refractivity contribution in [2.75, 3.05) is 26.9 Å². The molecule has 0 radical (unpaired) electrons. The second-order valence-corrected chi connectivity index (χ2v) is 3.84. The third kappa shape index (κ3) is 6.36. The Balaban J connectivity index is 2.31. The van der Waals surface area contributed by atoms with Gasteiger partial charge in [-0.1, -0.05) is 13.0 Å².